The highest BCUT2D eigenvalue weighted by Crippen LogP contribution is 2.21. The number of nitrogens with zero attached hydrogens (tertiary/aromatic N) is 1. The van der Waals surface area contributed by atoms with Gasteiger partial charge in [-0.2, -0.15) is 0 Å². The molecule has 1 aromatic heterocycles. The quantitative estimate of drug-likeness (QED) is 0.422. The lowest BCUT2D eigenvalue weighted by molar-refractivity contribution is -0.149. The number of rotatable bonds is 6. The number of esters is 1. The van der Waals surface area contributed by atoms with Gasteiger partial charge in [-0.1, -0.05) is 51.4 Å². The van der Waals surface area contributed by atoms with Crippen LogP contribution in [-0.2, 0) is 14.3 Å². The predicted molar refractivity (Wildman–Crippen MR) is 108 cm³/mol. The van der Waals surface area contributed by atoms with Crippen molar-refractivity contribution in [1.82, 2.24) is 5.16 Å². The maximum Gasteiger partial charge on any atom is 0.331 e. The number of nitrogens with one attached hydrogen (secondary N) is 1. The van der Waals surface area contributed by atoms with E-state index in [0.717, 1.165) is 6.08 Å². The van der Waals surface area contributed by atoms with Gasteiger partial charge in [0.05, 0.1) is 0 Å². The molecular weight excluding hydrogens is 443 g/mol. The molecule has 29 heavy (non-hydrogen) atoms. The summed E-state index contributed by atoms with van der Waals surface area (Å²) in [6.07, 6.45) is 1.12. The number of aromatic nitrogens is 1. The van der Waals surface area contributed by atoms with Gasteiger partial charge in [-0.05, 0) is 31.2 Å². The topological polar surface area (TPSA) is 81.4 Å². The molecule has 0 bridgehead atoms. The van der Waals surface area contributed by atoms with E-state index in [1.54, 1.807) is 43.3 Å². The van der Waals surface area contributed by atoms with Crippen LogP contribution in [0.5, 0.6) is 0 Å². The Labute approximate surface area is 174 Å². The Bertz CT molecular complexity index is 1050. The highest BCUT2D eigenvalue weighted by molar-refractivity contribution is 9.10. The lowest BCUT2D eigenvalue weighted by Gasteiger charge is -2.16. The molecule has 0 aliphatic rings. The first-order chi connectivity index (χ1) is 13.9. The van der Waals surface area contributed by atoms with E-state index in [9.17, 15) is 14.0 Å². The van der Waals surface area contributed by atoms with Crippen molar-refractivity contribution in [2.24, 2.45) is 0 Å². The van der Waals surface area contributed by atoms with Crippen molar-refractivity contribution in [3.8, 4) is 0 Å². The Kier molecular flexibility index (Phi) is 6.56. The van der Waals surface area contributed by atoms with E-state index in [0.29, 0.717) is 15.8 Å². The van der Waals surface area contributed by atoms with E-state index in [4.69, 9.17) is 9.26 Å². The van der Waals surface area contributed by atoms with Gasteiger partial charge in [0.15, 0.2) is 5.82 Å². The number of hydrogen-bond acceptors (Lipinski definition) is 5. The maximum absolute atomic E-state index is 13.8. The maximum atomic E-state index is 13.8. The summed E-state index contributed by atoms with van der Waals surface area (Å²) in [5.41, 5.74) is 0.677. The summed E-state index contributed by atoms with van der Waals surface area (Å²) in [4.78, 5) is 25.0. The fourth-order valence-electron chi connectivity index (χ4n) is 2.47. The predicted octanol–water partition coefficient (Wildman–Crippen LogP) is 4.82. The minimum absolute atomic E-state index is 0.204. The van der Waals surface area contributed by atoms with Crippen LogP contribution < -0.4 is 5.32 Å². The van der Waals surface area contributed by atoms with Crippen molar-refractivity contribution in [2.75, 3.05) is 5.32 Å². The third kappa shape index (κ3) is 5.61. The molecule has 0 saturated heterocycles. The molecule has 6 nitrogen and oxygen atoms in total. The number of carbonyl (C=O) groups is 2. The molecule has 8 heteroatoms. The Morgan fingerprint density at radius 1 is 1.21 bits per heavy atom. The van der Waals surface area contributed by atoms with Crippen molar-refractivity contribution < 1.29 is 23.2 Å². The second-order valence-electron chi connectivity index (χ2n) is 6.04. The lowest BCUT2D eigenvalue weighted by Crippen LogP contribution is -2.25. The van der Waals surface area contributed by atoms with E-state index in [2.05, 4.69) is 26.4 Å². The average Bonchev–Trinajstić information content (AvgIpc) is 3.12. The highest BCUT2D eigenvalue weighted by atomic mass is 79.9. The molecule has 0 aliphatic heterocycles. The van der Waals surface area contributed by atoms with Crippen LogP contribution in [0.1, 0.15) is 23.0 Å². The summed E-state index contributed by atoms with van der Waals surface area (Å²) >= 11 is 3.24. The molecule has 0 radical (unpaired) electrons. The molecule has 3 aromatic rings. The molecule has 1 heterocycles. The van der Waals surface area contributed by atoms with E-state index >= 15 is 0 Å². The Balaban J connectivity index is 1.77. The van der Waals surface area contributed by atoms with Crippen molar-refractivity contribution in [1.29, 1.82) is 0 Å². The van der Waals surface area contributed by atoms with Crippen molar-refractivity contribution in [3.63, 3.8) is 0 Å². The van der Waals surface area contributed by atoms with Gasteiger partial charge in [0.2, 0.25) is 6.10 Å². The van der Waals surface area contributed by atoms with Gasteiger partial charge in [-0.15, -0.1) is 0 Å². The zero-order valence-electron chi connectivity index (χ0n) is 15.3. The number of halogens is 2. The van der Waals surface area contributed by atoms with E-state index < -0.39 is 23.8 Å². The summed E-state index contributed by atoms with van der Waals surface area (Å²) in [6.45, 7) is 1.68. The molecule has 1 amide bonds. The fraction of sp³-hybridized carbons (Fsp3) is 0.0952. The van der Waals surface area contributed by atoms with Crippen LogP contribution in [0.4, 0.5) is 10.2 Å². The zero-order chi connectivity index (χ0) is 20.8. The van der Waals surface area contributed by atoms with Crippen LogP contribution in [0.25, 0.3) is 6.08 Å². The second-order valence-corrected chi connectivity index (χ2v) is 6.95. The van der Waals surface area contributed by atoms with Gasteiger partial charge < -0.3 is 14.6 Å². The third-order valence-corrected chi connectivity index (χ3v) is 4.30. The molecule has 1 atom stereocenters. The number of amides is 1. The normalized spacial score (nSPS) is 12.0. The molecule has 0 saturated carbocycles. The molecule has 0 spiro atoms. The van der Waals surface area contributed by atoms with Crippen molar-refractivity contribution in [3.05, 3.63) is 87.9 Å². The largest absolute Gasteiger partial charge is 0.444 e. The van der Waals surface area contributed by atoms with E-state index in [1.807, 2.05) is 0 Å². The zero-order valence-corrected chi connectivity index (χ0v) is 16.9. The number of ether oxygens (including phenoxy) is 1. The van der Waals surface area contributed by atoms with E-state index in [-0.39, 0.29) is 11.4 Å². The van der Waals surface area contributed by atoms with Crippen LogP contribution in [0, 0.1) is 12.7 Å². The molecular formula is C21H16BrFN2O4. The number of carbonyl (C=O) groups excluding carboxylic acids is 2. The molecule has 3 rings (SSSR count). The van der Waals surface area contributed by atoms with Gasteiger partial charge in [-0.3, -0.25) is 4.79 Å². The smallest absolute Gasteiger partial charge is 0.331 e. The van der Waals surface area contributed by atoms with Crippen LogP contribution in [0.15, 0.2) is 69.7 Å². The van der Waals surface area contributed by atoms with Gasteiger partial charge in [0, 0.05) is 27.7 Å². The van der Waals surface area contributed by atoms with Gasteiger partial charge >= 0.3 is 5.97 Å². The fourth-order valence-corrected chi connectivity index (χ4v) is 2.85. The van der Waals surface area contributed by atoms with Crippen molar-refractivity contribution in [2.45, 2.75) is 13.0 Å². The summed E-state index contributed by atoms with van der Waals surface area (Å²) in [5, 5.41) is 6.24. The number of anilines is 1. The Hall–Kier alpha value is -3.26. The van der Waals surface area contributed by atoms with Crippen molar-refractivity contribution >= 4 is 39.7 Å². The first kappa shape index (κ1) is 20.5. The molecule has 2 aromatic carbocycles. The molecule has 1 unspecified atom stereocenters. The summed E-state index contributed by atoms with van der Waals surface area (Å²) < 4.78 is 24.7. The summed E-state index contributed by atoms with van der Waals surface area (Å²) in [7, 11) is 0. The minimum Gasteiger partial charge on any atom is -0.444 e. The Morgan fingerprint density at radius 2 is 1.97 bits per heavy atom. The molecule has 148 valence electrons. The lowest BCUT2D eigenvalue weighted by atomic mass is 10.1. The van der Waals surface area contributed by atoms with Gasteiger partial charge in [0.1, 0.15) is 11.6 Å². The molecule has 0 fully saturated rings. The first-order valence-corrected chi connectivity index (χ1v) is 9.34. The van der Waals surface area contributed by atoms with Crippen LogP contribution >= 0.6 is 15.9 Å². The number of benzene rings is 2. The first-order valence-electron chi connectivity index (χ1n) is 8.55. The highest BCUT2D eigenvalue weighted by Gasteiger charge is 2.25. The molecule has 0 aliphatic carbocycles. The van der Waals surface area contributed by atoms with Crippen LogP contribution in [0.3, 0.4) is 0 Å². The average molecular weight is 459 g/mol. The molecule has 1 N–H and O–H groups in total. The van der Waals surface area contributed by atoms with Crippen LogP contribution in [-0.4, -0.2) is 17.0 Å². The minimum atomic E-state index is -1.22. The van der Waals surface area contributed by atoms with E-state index in [1.165, 1.54) is 24.3 Å². The monoisotopic (exact) mass is 458 g/mol. The Morgan fingerprint density at radius 3 is 2.66 bits per heavy atom. The SMILES string of the molecule is Cc1cc(NC(=O)C(OC(=O)/C=C/c2cc(Br)ccc2F)c2ccccc2)no1. The summed E-state index contributed by atoms with van der Waals surface area (Å²) in [6, 6.07) is 14.4. The second kappa shape index (κ2) is 9.29. The summed E-state index contributed by atoms with van der Waals surface area (Å²) in [5.74, 6) is -1.16. The number of aryl methyl sites for hydroxylation is 1. The standard InChI is InChI=1S/C21H16BrFN2O4/c1-13-11-18(25-29-13)24-21(27)20(14-5-3-2-4-6-14)28-19(26)10-7-15-12-16(22)8-9-17(15)23/h2-12,20H,1H3,(H,24,25,27)/b10-7+. The van der Waals surface area contributed by atoms with Crippen LogP contribution in [0.2, 0.25) is 0 Å². The third-order valence-electron chi connectivity index (χ3n) is 3.81. The van der Waals surface area contributed by atoms with Gasteiger partial charge in [0.25, 0.3) is 5.91 Å². The number of hydrogen-bond donors (Lipinski definition) is 1. The van der Waals surface area contributed by atoms with Gasteiger partial charge in [-0.25, -0.2) is 9.18 Å².